The van der Waals surface area contributed by atoms with Gasteiger partial charge in [0.25, 0.3) is 0 Å². The molecule has 0 saturated heterocycles. The molecule has 0 saturated carbocycles. The van der Waals surface area contributed by atoms with E-state index in [0.29, 0.717) is 35.8 Å². The summed E-state index contributed by atoms with van der Waals surface area (Å²) >= 11 is 0. The molecule has 25 heavy (non-hydrogen) atoms. The van der Waals surface area contributed by atoms with E-state index in [1.165, 1.54) is 42.7 Å². The van der Waals surface area contributed by atoms with Gasteiger partial charge in [0, 0.05) is 24.2 Å². The van der Waals surface area contributed by atoms with Gasteiger partial charge in [-0.15, -0.1) is 0 Å². The number of carbonyl (C=O) groups is 1. The van der Waals surface area contributed by atoms with Crippen molar-refractivity contribution in [1.82, 2.24) is 10.3 Å². The normalized spacial score (nSPS) is 10.5. The zero-order valence-corrected chi connectivity index (χ0v) is 13.1. The maximum absolute atomic E-state index is 12.9. The first-order chi connectivity index (χ1) is 12.1. The Balaban J connectivity index is 1.48. The predicted octanol–water partition coefficient (Wildman–Crippen LogP) is 3.98. The molecule has 0 radical (unpaired) electrons. The van der Waals surface area contributed by atoms with Crippen molar-refractivity contribution < 1.29 is 18.0 Å². The van der Waals surface area contributed by atoms with E-state index in [1.807, 2.05) is 0 Å². The lowest BCUT2D eigenvalue weighted by Crippen LogP contribution is -2.30. The fourth-order valence-electron chi connectivity index (χ4n) is 2.16. The molecule has 0 spiro atoms. The Bertz CT molecular complexity index is 846. The average Bonchev–Trinajstić information content (AvgIpc) is 3.06. The molecule has 0 aliphatic heterocycles. The summed E-state index contributed by atoms with van der Waals surface area (Å²) in [6, 6.07) is 10.9. The molecule has 1 heterocycles. The second-order valence-electron chi connectivity index (χ2n) is 5.29. The number of oxazole rings is 1. The van der Waals surface area contributed by atoms with E-state index in [-0.39, 0.29) is 11.6 Å². The summed E-state index contributed by atoms with van der Waals surface area (Å²) in [5.74, 6) is -0.299. The minimum Gasteiger partial charge on any atom is -0.444 e. The molecule has 128 valence electrons. The molecule has 0 aliphatic carbocycles. The minimum atomic E-state index is -0.395. The van der Waals surface area contributed by atoms with Crippen molar-refractivity contribution in [3.8, 4) is 11.5 Å². The van der Waals surface area contributed by atoms with E-state index in [4.69, 9.17) is 4.42 Å². The van der Waals surface area contributed by atoms with E-state index in [9.17, 15) is 13.6 Å². The highest BCUT2D eigenvalue weighted by Gasteiger charge is 2.08. The number of urea groups is 1. The van der Waals surface area contributed by atoms with Crippen LogP contribution in [0.5, 0.6) is 0 Å². The Kier molecular flexibility index (Phi) is 5.03. The van der Waals surface area contributed by atoms with Gasteiger partial charge in [-0.25, -0.2) is 18.6 Å². The van der Waals surface area contributed by atoms with Crippen molar-refractivity contribution in [2.45, 2.75) is 6.42 Å². The molecule has 0 aliphatic rings. The molecule has 7 heteroatoms. The third kappa shape index (κ3) is 4.63. The number of hydrogen-bond acceptors (Lipinski definition) is 3. The van der Waals surface area contributed by atoms with Crippen LogP contribution in [0.15, 0.2) is 59.2 Å². The van der Waals surface area contributed by atoms with Gasteiger partial charge < -0.3 is 15.1 Å². The standard InChI is InChI=1S/C18H15F2N3O2/c19-13-3-1-12(2-4-13)17-22-16(11-25-17)9-10-21-18(24)23-15-7-5-14(20)6-8-15/h1-8,11H,9-10H2,(H2,21,23,24). The summed E-state index contributed by atoms with van der Waals surface area (Å²) in [6.45, 7) is 0.350. The molecule has 3 aromatic rings. The topological polar surface area (TPSA) is 67.2 Å². The van der Waals surface area contributed by atoms with Crippen LogP contribution in [0, 0.1) is 11.6 Å². The summed E-state index contributed by atoms with van der Waals surface area (Å²) in [6.07, 6.45) is 1.97. The molecule has 1 aromatic heterocycles. The first-order valence-electron chi connectivity index (χ1n) is 7.61. The van der Waals surface area contributed by atoms with Crippen LogP contribution in [0.4, 0.5) is 19.3 Å². The van der Waals surface area contributed by atoms with Crippen LogP contribution in [-0.4, -0.2) is 17.6 Å². The average molecular weight is 343 g/mol. The van der Waals surface area contributed by atoms with Crippen molar-refractivity contribution in [2.75, 3.05) is 11.9 Å². The molecule has 3 rings (SSSR count). The van der Waals surface area contributed by atoms with Gasteiger partial charge >= 0.3 is 6.03 Å². The number of nitrogens with zero attached hydrogens (tertiary/aromatic N) is 1. The monoisotopic (exact) mass is 343 g/mol. The third-order valence-electron chi connectivity index (χ3n) is 3.41. The molecule has 0 fully saturated rings. The Morgan fingerprint density at radius 3 is 2.32 bits per heavy atom. The SMILES string of the molecule is O=C(NCCc1coc(-c2ccc(F)cc2)n1)Nc1ccc(F)cc1. The quantitative estimate of drug-likeness (QED) is 0.736. The molecule has 2 N–H and O–H groups in total. The summed E-state index contributed by atoms with van der Waals surface area (Å²) in [7, 11) is 0. The number of aromatic nitrogens is 1. The second-order valence-corrected chi connectivity index (χ2v) is 5.29. The van der Waals surface area contributed by atoms with E-state index >= 15 is 0 Å². The van der Waals surface area contributed by atoms with Crippen molar-refractivity contribution in [3.05, 3.63) is 72.1 Å². The maximum Gasteiger partial charge on any atom is 0.319 e. The van der Waals surface area contributed by atoms with Gasteiger partial charge in [0.15, 0.2) is 0 Å². The summed E-state index contributed by atoms with van der Waals surface area (Å²) < 4.78 is 31.1. The molecule has 0 unspecified atom stereocenters. The van der Waals surface area contributed by atoms with E-state index in [1.54, 1.807) is 12.1 Å². The molecule has 0 atom stereocenters. The van der Waals surface area contributed by atoms with E-state index in [2.05, 4.69) is 15.6 Å². The number of nitrogens with one attached hydrogen (secondary N) is 2. The van der Waals surface area contributed by atoms with Crippen LogP contribution in [0.3, 0.4) is 0 Å². The van der Waals surface area contributed by atoms with Crippen molar-refractivity contribution in [2.24, 2.45) is 0 Å². The largest absolute Gasteiger partial charge is 0.444 e. The van der Waals surface area contributed by atoms with Crippen LogP contribution >= 0.6 is 0 Å². The van der Waals surface area contributed by atoms with Gasteiger partial charge in [-0.3, -0.25) is 0 Å². The van der Waals surface area contributed by atoms with Gasteiger partial charge in [0.05, 0.1) is 5.69 Å². The first kappa shape index (κ1) is 16.6. The minimum absolute atomic E-state index is 0.327. The van der Waals surface area contributed by atoms with Gasteiger partial charge in [0.1, 0.15) is 17.9 Å². The lowest BCUT2D eigenvalue weighted by molar-refractivity contribution is 0.252. The van der Waals surface area contributed by atoms with Crippen molar-refractivity contribution >= 4 is 11.7 Å². The Hall–Kier alpha value is -3.22. The number of amides is 2. The highest BCUT2D eigenvalue weighted by Crippen LogP contribution is 2.19. The van der Waals surface area contributed by atoms with Gasteiger partial charge in [-0.2, -0.15) is 0 Å². The molecular formula is C18H15F2N3O2. The number of rotatable bonds is 5. The Morgan fingerprint density at radius 2 is 1.64 bits per heavy atom. The molecule has 2 amide bonds. The maximum atomic E-state index is 12.9. The zero-order valence-electron chi connectivity index (χ0n) is 13.1. The van der Waals surface area contributed by atoms with Crippen LogP contribution in [0.25, 0.3) is 11.5 Å². The summed E-state index contributed by atoms with van der Waals surface area (Å²) in [5, 5.41) is 5.27. The number of hydrogen-bond donors (Lipinski definition) is 2. The highest BCUT2D eigenvalue weighted by molar-refractivity contribution is 5.89. The number of anilines is 1. The van der Waals surface area contributed by atoms with Gasteiger partial charge in [-0.05, 0) is 48.5 Å². The number of benzene rings is 2. The molecular weight excluding hydrogens is 328 g/mol. The zero-order chi connectivity index (χ0) is 17.6. The smallest absolute Gasteiger partial charge is 0.319 e. The van der Waals surface area contributed by atoms with Crippen LogP contribution in [-0.2, 0) is 6.42 Å². The van der Waals surface area contributed by atoms with Gasteiger partial charge in [0.2, 0.25) is 5.89 Å². The molecule has 5 nitrogen and oxygen atoms in total. The fraction of sp³-hybridized carbons (Fsp3) is 0.111. The van der Waals surface area contributed by atoms with Crippen LogP contribution < -0.4 is 10.6 Å². The highest BCUT2D eigenvalue weighted by atomic mass is 19.1. The number of carbonyl (C=O) groups excluding carboxylic acids is 1. The predicted molar refractivity (Wildman–Crippen MR) is 89.0 cm³/mol. The number of halogens is 2. The third-order valence-corrected chi connectivity index (χ3v) is 3.41. The molecule has 2 aromatic carbocycles. The van der Waals surface area contributed by atoms with Crippen LogP contribution in [0.1, 0.15) is 5.69 Å². The lowest BCUT2D eigenvalue weighted by Gasteiger charge is -2.06. The Labute approximate surface area is 142 Å². The van der Waals surface area contributed by atoms with E-state index < -0.39 is 6.03 Å². The summed E-state index contributed by atoms with van der Waals surface area (Å²) in [5.41, 5.74) is 1.84. The lowest BCUT2D eigenvalue weighted by atomic mass is 10.2. The Morgan fingerprint density at radius 1 is 1.00 bits per heavy atom. The van der Waals surface area contributed by atoms with Crippen molar-refractivity contribution in [3.63, 3.8) is 0 Å². The second kappa shape index (κ2) is 7.57. The van der Waals surface area contributed by atoms with Crippen molar-refractivity contribution in [1.29, 1.82) is 0 Å². The van der Waals surface area contributed by atoms with E-state index in [0.717, 1.165) is 0 Å². The molecule has 0 bridgehead atoms. The van der Waals surface area contributed by atoms with Gasteiger partial charge in [-0.1, -0.05) is 0 Å². The fourth-order valence-corrected chi connectivity index (χ4v) is 2.16. The first-order valence-corrected chi connectivity index (χ1v) is 7.61. The summed E-state index contributed by atoms with van der Waals surface area (Å²) in [4.78, 5) is 16.0. The van der Waals surface area contributed by atoms with Crippen LogP contribution in [0.2, 0.25) is 0 Å².